The van der Waals surface area contributed by atoms with E-state index < -0.39 is 0 Å². The van der Waals surface area contributed by atoms with Crippen LogP contribution < -0.4 is 14.8 Å². The summed E-state index contributed by atoms with van der Waals surface area (Å²) in [4.78, 5) is 4.36. The summed E-state index contributed by atoms with van der Waals surface area (Å²) in [5, 5.41) is 3.13. The van der Waals surface area contributed by atoms with Crippen molar-refractivity contribution in [2.24, 2.45) is 4.99 Å². The number of methoxy groups -OCH3 is 1. The van der Waals surface area contributed by atoms with Gasteiger partial charge in [-0.15, -0.1) is 0 Å². The van der Waals surface area contributed by atoms with Gasteiger partial charge in [-0.25, -0.2) is 4.39 Å². The van der Waals surface area contributed by atoms with Crippen molar-refractivity contribution in [3.8, 4) is 17.2 Å². The van der Waals surface area contributed by atoms with Crippen molar-refractivity contribution in [1.82, 2.24) is 5.32 Å². The Hall–Kier alpha value is -2.56. The van der Waals surface area contributed by atoms with Crippen LogP contribution in [-0.4, -0.2) is 26.0 Å². The number of hydrogen-bond donors (Lipinski definition) is 1. The maximum Gasteiger partial charge on any atom is 0.141 e. The fourth-order valence-electron chi connectivity index (χ4n) is 2.29. The van der Waals surface area contributed by atoms with Gasteiger partial charge < -0.3 is 14.8 Å². The van der Waals surface area contributed by atoms with Crippen molar-refractivity contribution < 1.29 is 13.9 Å². The third-order valence-electron chi connectivity index (χ3n) is 3.40. The molecule has 0 saturated heterocycles. The van der Waals surface area contributed by atoms with Gasteiger partial charge in [0, 0.05) is 13.1 Å². The largest absolute Gasteiger partial charge is 0.497 e. The third-order valence-corrected chi connectivity index (χ3v) is 3.40. The van der Waals surface area contributed by atoms with Crippen LogP contribution in [-0.2, 0) is 0 Å². The Labute approximate surface area is 128 Å². The molecule has 4 nitrogen and oxygen atoms in total. The van der Waals surface area contributed by atoms with Crippen LogP contribution >= 0.6 is 0 Å². The smallest absolute Gasteiger partial charge is 0.141 e. The Morgan fingerprint density at radius 2 is 1.86 bits per heavy atom. The summed E-state index contributed by atoms with van der Waals surface area (Å²) in [6.45, 7) is 1.48. The highest BCUT2D eigenvalue weighted by atomic mass is 19.1. The highest BCUT2D eigenvalue weighted by Gasteiger charge is 2.18. The predicted octanol–water partition coefficient (Wildman–Crippen LogP) is 3.37. The van der Waals surface area contributed by atoms with E-state index in [4.69, 9.17) is 9.47 Å². The van der Waals surface area contributed by atoms with E-state index in [2.05, 4.69) is 10.3 Å². The quantitative estimate of drug-likeness (QED) is 0.941. The van der Waals surface area contributed by atoms with E-state index >= 15 is 0 Å². The number of aliphatic imine (C=N–C) groups is 1. The lowest BCUT2D eigenvalue weighted by Crippen LogP contribution is -2.31. The molecular formula is C17H17FN2O2. The fraction of sp³-hybridized carbons (Fsp3) is 0.235. The summed E-state index contributed by atoms with van der Waals surface area (Å²) in [7, 11) is 1.60. The average Bonchev–Trinajstić information content (AvgIpc) is 2.56. The zero-order valence-electron chi connectivity index (χ0n) is 12.3. The molecule has 0 aromatic heterocycles. The highest BCUT2D eigenvalue weighted by Crippen LogP contribution is 2.29. The molecule has 0 aliphatic carbocycles. The molecule has 1 N–H and O–H groups in total. The van der Waals surface area contributed by atoms with Crippen molar-refractivity contribution in [3.05, 3.63) is 53.8 Å². The van der Waals surface area contributed by atoms with E-state index in [1.807, 2.05) is 0 Å². The van der Waals surface area contributed by atoms with Crippen molar-refractivity contribution in [2.45, 2.75) is 6.42 Å². The zero-order chi connectivity index (χ0) is 15.4. The number of nitrogens with zero attached hydrogens (tertiary/aromatic N) is 1. The van der Waals surface area contributed by atoms with Gasteiger partial charge in [-0.2, -0.15) is 0 Å². The SMILES string of the molecule is COc1ccc(Oc2cccc(F)c2C2=NCCCN2)cc1. The molecule has 0 unspecified atom stereocenters. The maximum absolute atomic E-state index is 14.2. The standard InChI is InChI=1S/C17H17FN2O2/c1-21-12-6-8-13(9-7-12)22-15-5-2-4-14(18)16(15)17-19-10-3-11-20-17/h2,4-9H,3,10-11H2,1H3,(H,19,20). The Balaban J connectivity index is 1.92. The minimum atomic E-state index is -0.348. The van der Waals surface area contributed by atoms with Gasteiger partial charge in [-0.3, -0.25) is 4.99 Å². The average molecular weight is 300 g/mol. The normalized spacial score (nSPS) is 14.0. The molecule has 0 radical (unpaired) electrons. The Morgan fingerprint density at radius 1 is 1.09 bits per heavy atom. The van der Waals surface area contributed by atoms with Gasteiger partial charge in [-0.1, -0.05) is 6.07 Å². The first kappa shape index (κ1) is 14.4. The molecule has 0 fully saturated rings. The van der Waals surface area contributed by atoms with Gasteiger partial charge in [0.2, 0.25) is 0 Å². The van der Waals surface area contributed by atoms with Crippen LogP contribution in [0.2, 0.25) is 0 Å². The van der Waals surface area contributed by atoms with Crippen molar-refractivity contribution in [3.63, 3.8) is 0 Å². The molecule has 0 amide bonds. The van der Waals surface area contributed by atoms with E-state index in [0.29, 0.717) is 29.4 Å². The van der Waals surface area contributed by atoms with Crippen LogP contribution in [0, 0.1) is 5.82 Å². The number of ether oxygens (including phenoxy) is 2. The molecular weight excluding hydrogens is 283 g/mol. The van der Waals surface area contributed by atoms with Crippen molar-refractivity contribution in [2.75, 3.05) is 20.2 Å². The van der Waals surface area contributed by atoms with E-state index in [1.54, 1.807) is 43.5 Å². The molecule has 2 aromatic rings. The second kappa shape index (κ2) is 6.47. The second-order valence-electron chi connectivity index (χ2n) is 4.90. The second-order valence-corrected chi connectivity index (χ2v) is 4.90. The van der Waals surface area contributed by atoms with E-state index in [0.717, 1.165) is 18.7 Å². The van der Waals surface area contributed by atoms with Crippen LogP contribution in [0.25, 0.3) is 0 Å². The Morgan fingerprint density at radius 3 is 2.55 bits per heavy atom. The number of halogens is 1. The molecule has 0 atom stereocenters. The zero-order valence-corrected chi connectivity index (χ0v) is 12.3. The van der Waals surface area contributed by atoms with Crippen LogP contribution in [0.1, 0.15) is 12.0 Å². The van der Waals surface area contributed by atoms with Crippen molar-refractivity contribution >= 4 is 5.84 Å². The molecule has 1 aliphatic heterocycles. The lowest BCUT2D eigenvalue weighted by molar-refractivity contribution is 0.412. The summed E-state index contributed by atoms with van der Waals surface area (Å²) in [5.41, 5.74) is 0.373. The van der Waals surface area contributed by atoms with Crippen molar-refractivity contribution in [1.29, 1.82) is 0 Å². The molecule has 3 rings (SSSR count). The summed E-state index contributed by atoms with van der Waals surface area (Å²) >= 11 is 0. The number of benzene rings is 2. The molecule has 5 heteroatoms. The van der Waals surface area contributed by atoms with Gasteiger partial charge in [0.25, 0.3) is 0 Å². The first-order valence-electron chi connectivity index (χ1n) is 7.17. The molecule has 114 valence electrons. The van der Waals surface area contributed by atoms with Crippen LogP contribution in [0.4, 0.5) is 4.39 Å². The van der Waals surface area contributed by atoms with E-state index in [9.17, 15) is 4.39 Å². The Kier molecular flexibility index (Phi) is 4.23. The fourth-order valence-corrected chi connectivity index (χ4v) is 2.29. The first-order valence-corrected chi connectivity index (χ1v) is 7.17. The number of rotatable bonds is 4. The summed E-state index contributed by atoms with van der Waals surface area (Å²) in [6.07, 6.45) is 0.951. The molecule has 1 aliphatic rings. The van der Waals surface area contributed by atoms with Gasteiger partial charge >= 0.3 is 0 Å². The van der Waals surface area contributed by atoms with Gasteiger partial charge in [0.05, 0.1) is 12.7 Å². The minimum absolute atomic E-state index is 0.348. The number of amidine groups is 1. The lowest BCUT2D eigenvalue weighted by Gasteiger charge is -2.18. The van der Waals surface area contributed by atoms with E-state index in [1.165, 1.54) is 6.07 Å². The summed E-state index contributed by atoms with van der Waals surface area (Å²) < 4.78 is 25.2. The monoisotopic (exact) mass is 300 g/mol. The van der Waals surface area contributed by atoms with Crippen LogP contribution in [0.3, 0.4) is 0 Å². The lowest BCUT2D eigenvalue weighted by atomic mass is 10.1. The summed E-state index contributed by atoms with van der Waals surface area (Å²) in [6, 6.07) is 11.9. The predicted molar refractivity (Wildman–Crippen MR) is 83.5 cm³/mol. The number of nitrogens with one attached hydrogen (secondary N) is 1. The minimum Gasteiger partial charge on any atom is -0.497 e. The maximum atomic E-state index is 14.2. The molecule has 0 spiro atoms. The van der Waals surface area contributed by atoms with Gasteiger partial charge in [-0.05, 0) is 42.8 Å². The van der Waals surface area contributed by atoms with Crippen LogP contribution in [0.15, 0.2) is 47.5 Å². The molecule has 0 saturated carbocycles. The van der Waals surface area contributed by atoms with E-state index in [-0.39, 0.29) is 5.82 Å². The first-order chi connectivity index (χ1) is 10.8. The molecule has 22 heavy (non-hydrogen) atoms. The Bertz CT molecular complexity index is 684. The summed E-state index contributed by atoms with van der Waals surface area (Å²) in [5.74, 6) is 2.00. The molecule has 2 aromatic carbocycles. The molecule has 1 heterocycles. The topological polar surface area (TPSA) is 42.9 Å². The highest BCUT2D eigenvalue weighted by molar-refractivity contribution is 6.01. The third kappa shape index (κ3) is 3.03. The van der Waals surface area contributed by atoms with Crippen LogP contribution in [0.5, 0.6) is 17.2 Å². The molecule has 0 bridgehead atoms. The van der Waals surface area contributed by atoms with Gasteiger partial charge in [0.15, 0.2) is 0 Å². The number of hydrogen-bond acceptors (Lipinski definition) is 4. The van der Waals surface area contributed by atoms with Gasteiger partial charge in [0.1, 0.15) is 28.9 Å².